The van der Waals surface area contributed by atoms with Crippen molar-refractivity contribution < 1.29 is 4.79 Å². The van der Waals surface area contributed by atoms with Gasteiger partial charge in [-0.2, -0.15) is 0 Å². The molecule has 2 aromatic heterocycles. The number of piperidine rings is 1. The van der Waals surface area contributed by atoms with Crippen LogP contribution in [0.3, 0.4) is 0 Å². The fraction of sp³-hybridized carbons (Fsp3) is 0.353. The van der Waals surface area contributed by atoms with E-state index in [1.807, 2.05) is 18.3 Å². The first kappa shape index (κ1) is 15.4. The number of nitrogens with zero attached hydrogens (tertiary/aromatic N) is 2. The van der Waals surface area contributed by atoms with Gasteiger partial charge in [0.2, 0.25) is 11.3 Å². The number of pyridine rings is 2. The van der Waals surface area contributed by atoms with Crippen LogP contribution < -0.4 is 10.7 Å². The van der Waals surface area contributed by atoms with E-state index in [9.17, 15) is 9.59 Å². The van der Waals surface area contributed by atoms with Crippen molar-refractivity contribution in [3.63, 3.8) is 0 Å². The lowest BCUT2D eigenvalue weighted by Crippen LogP contribution is -2.47. The predicted octanol–water partition coefficient (Wildman–Crippen LogP) is 1.76. The first-order valence-corrected chi connectivity index (χ1v) is 7.85. The Bertz CT molecular complexity index is 714. The van der Waals surface area contributed by atoms with Crippen LogP contribution in [0.25, 0.3) is 0 Å². The van der Waals surface area contributed by atoms with Crippen molar-refractivity contribution >= 4 is 11.6 Å². The van der Waals surface area contributed by atoms with Crippen LogP contribution in [0.5, 0.6) is 0 Å². The number of carbonyl (C=O) groups excluding carboxylic acids is 1. The van der Waals surface area contributed by atoms with Gasteiger partial charge < -0.3 is 10.3 Å². The highest BCUT2D eigenvalue weighted by Gasteiger charge is 2.29. The number of amides is 1. The first-order chi connectivity index (χ1) is 11.2. The Labute approximate surface area is 134 Å². The Morgan fingerprint density at radius 3 is 3.09 bits per heavy atom. The standard InChI is InChI=1S/C17H20N4O2/c22-16-6-8-19-11-14(16)20-17(23)15-5-1-2-9-21(15)12-13-4-3-7-18-10-13/h3-4,6-8,10-11,15H,1-2,5,9,12H2,(H,19,22)(H,20,23)/t15-/m1/s1. The molecule has 2 N–H and O–H groups in total. The number of H-pyrrole nitrogens is 1. The van der Waals surface area contributed by atoms with E-state index in [0.717, 1.165) is 31.4 Å². The van der Waals surface area contributed by atoms with Gasteiger partial charge in [-0.15, -0.1) is 0 Å². The first-order valence-electron chi connectivity index (χ1n) is 7.85. The van der Waals surface area contributed by atoms with E-state index < -0.39 is 0 Å². The second-order valence-corrected chi connectivity index (χ2v) is 5.75. The Kier molecular flexibility index (Phi) is 4.83. The Hall–Kier alpha value is -2.47. The van der Waals surface area contributed by atoms with Crippen LogP contribution in [0.15, 0.2) is 47.8 Å². The summed E-state index contributed by atoms with van der Waals surface area (Å²) in [5, 5.41) is 2.76. The van der Waals surface area contributed by atoms with Crippen LogP contribution in [0, 0.1) is 0 Å². The minimum atomic E-state index is -0.219. The lowest BCUT2D eigenvalue weighted by Gasteiger charge is -2.34. The number of hydrogen-bond donors (Lipinski definition) is 2. The number of aromatic nitrogens is 2. The summed E-state index contributed by atoms with van der Waals surface area (Å²) < 4.78 is 0. The quantitative estimate of drug-likeness (QED) is 0.902. The van der Waals surface area contributed by atoms with Crippen LogP contribution in [-0.4, -0.2) is 33.4 Å². The molecule has 1 aliphatic heterocycles. The number of aromatic amines is 1. The van der Waals surface area contributed by atoms with Crippen LogP contribution in [0.4, 0.5) is 5.69 Å². The van der Waals surface area contributed by atoms with Crippen molar-refractivity contribution in [3.8, 4) is 0 Å². The van der Waals surface area contributed by atoms with Gasteiger partial charge in [-0.25, -0.2) is 0 Å². The van der Waals surface area contributed by atoms with Gasteiger partial charge >= 0.3 is 0 Å². The maximum absolute atomic E-state index is 12.6. The van der Waals surface area contributed by atoms with Crippen molar-refractivity contribution in [2.24, 2.45) is 0 Å². The summed E-state index contributed by atoms with van der Waals surface area (Å²) in [6.45, 7) is 1.56. The molecule has 0 spiro atoms. The molecule has 0 radical (unpaired) electrons. The summed E-state index contributed by atoms with van der Waals surface area (Å²) >= 11 is 0. The lowest BCUT2D eigenvalue weighted by molar-refractivity contribution is -0.122. The van der Waals surface area contributed by atoms with Gasteiger partial charge in [0.25, 0.3) is 0 Å². The van der Waals surface area contributed by atoms with Crippen molar-refractivity contribution in [2.45, 2.75) is 31.8 Å². The normalized spacial score (nSPS) is 18.5. The summed E-state index contributed by atoms with van der Waals surface area (Å²) in [5.41, 5.74) is 1.20. The highest BCUT2D eigenvalue weighted by molar-refractivity contribution is 5.94. The monoisotopic (exact) mass is 312 g/mol. The minimum absolute atomic E-state index is 0.120. The fourth-order valence-corrected chi connectivity index (χ4v) is 2.93. The van der Waals surface area contributed by atoms with Crippen molar-refractivity contribution in [2.75, 3.05) is 11.9 Å². The number of nitrogens with one attached hydrogen (secondary N) is 2. The van der Waals surface area contributed by atoms with Gasteiger partial charge in [-0.05, 0) is 31.0 Å². The molecule has 1 aliphatic rings. The van der Waals surface area contributed by atoms with E-state index in [1.165, 1.54) is 12.3 Å². The van der Waals surface area contributed by atoms with E-state index in [4.69, 9.17) is 0 Å². The lowest BCUT2D eigenvalue weighted by atomic mass is 10.0. The molecular formula is C17H20N4O2. The van der Waals surface area contributed by atoms with Gasteiger partial charge in [0.05, 0.1) is 6.04 Å². The summed E-state index contributed by atoms with van der Waals surface area (Å²) in [7, 11) is 0. The highest BCUT2D eigenvalue weighted by Crippen LogP contribution is 2.20. The number of likely N-dealkylation sites (tertiary alicyclic amines) is 1. The zero-order chi connectivity index (χ0) is 16.1. The van der Waals surface area contributed by atoms with Crippen LogP contribution in [0.1, 0.15) is 24.8 Å². The van der Waals surface area contributed by atoms with Crippen LogP contribution in [-0.2, 0) is 11.3 Å². The zero-order valence-electron chi connectivity index (χ0n) is 12.9. The largest absolute Gasteiger partial charge is 0.366 e. The third-order valence-corrected chi connectivity index (χ3v) is 4.11. The second kappa shape index (κ2) is 7.19. The Morgan fingerprint density at radius 1 is 1.39 bits per heavy atom. The minimum Gasteiger partial charge on any atom is -0.366 e. The molecule has 23 heavy (non-hydrogen) atoms. The van der Waals surface area contributed by atoms with Crippen molar-refractivity contribution in [3.05, 3.63) is 58.8 Å². The van der Waals surface area contributed by atoms with Crippen molar-refractivity contribution in [1.29, 1.82) is 0 Å². The average molecular weight is 312 g/mol. The van der Waals surface area contributed by atoms with Gasteiger partial charge in [0, 0.05) is 37.4 Å². The number of rotatable bonds is 4. The molecule has 1 fully saturated rings. The molecule has 0 aromatic carbocycles. The van der Waals surface area contributed by atoms with Gasteiger partial charge in [0.1, 0.15) is 5.69 Å². The average Bonchev–Trinajstić information content (AvgIpc) is 2.58. The summed E-state index contributed by atoms with van der Waals surface area (Å²) in [4.78, 5) is 33.5. The van der Waals surface area contributed by atoms with Gasteiger partial charge in [-0.1, -0.05) is 12.5 Å². The Balaban J connectivity index is 1.72. The zero-order valence-corrected chi connectivity index (χ0v) is 12.9. The van der Waals surface area contributed by atoms with Crippen molar-refractivity contribution in [1.82, 2.24) is 14.9 Å². The molecule has 0 saturated carbocycles. The third kappa shape index (κ3) is 3.84. The molecule has 1 saturated heterocycles. The van der Waals surface area contributed by atoms with E-state index in [0.29, 0.717) is 12.2 Å². The topological polar surface area (TPSA) is 78.1 Å². The number of hydrogen-bond acceptors (Lipinski definition) is 4. The molecule has 3 rings (SSSR count). The van der Waals surface area contributed by atoms with Gasteiger partial charge in [-0.3, -0.25) is 19.5 Å². The van der Waals surface area contributed by atoms with E-state index in [1.54, 1.807) is 12.4 Å². The van der Waals surface area contributed by atoms with Gasteiger partial charge in [0.15, 0.2) is 0 Å². The molecule has 0 bridgehead atoms. The SMILES string of the molecule is O=C(Nc1c[nH]ccc1=O)[C@H]1CCCCN1Cc1cccnc1. The molecule has 6 heteroatoms. The summed E-state index contributed by atoms with van der Waals surface area (Å²) in [5.74, 6) is -0.120. The third-order valence-electron chi connectivity index (χ3n) is 4.11. The van der Waals surface area contributed by atoms with E-state index in [2.05, 4.69) is 20.2 Å². The summed E-state index contributed by atoms with van der Waals surface area (Å²) in [6, 6.07) is 5.10. The molecule has 120 valence electrons. The molecule has 0 aliphatic carbocycles. The number of anilines is 1. The molecule has 6 nitrogen and oxygen atoms in total. The predicted molar refractivity (Wildman–Crippen MR) is 88.0 cm³/mol. The smallest absolute Gasteiger partial charge is 0.241 e. The van der Waals surface area contributed by atoms with E-state index in [-0.39, 0.29) is 17.4 Å². The van der Waals surface area contributed by atoms with Crippen LogP contribution in [0.2, 0.25) is 0 Å². The van der Waals surface area contributed by atoms with Crippen LogP contribution >= 0.6 is 0 Å². The second-order valence-electron chi connectivity index (χ2n) is 5.75. The van der Waals surface area contributed by atoms with E-state index >= 15 is 0 Å². The maximum atomic E-state index is 12.6. The maximum Gasteiger partial charge on any atom is 0.241 e. The molecule has 2 aromatic rings. The molecular weight excluding hydrogens is 292 g/mol. The highest BCUT2D eigenvalue weighted by atomic mass is 16.2. The molecule has 3 heterocycles. The fourth-order valence-electron chi connectivity index (χ4n) is 2.93. The Morgan fingerprint density at radius 2 is 2.30 bits per heavy atom. The molecule has 0 unspecified atom stereocenters. The molecule has 1 amide bonds. The summed E-state index contributed by atoms with van der Waals surface area (Å²) in [6.07, 6.45) is 9.54. The number of carbonyl (C=O) groups is 1. The molecule has 1 atom stereocenters.